The number of nitrogens with zero attached hydrogens (tertiary/aromatic N) is 5. The molecule has 2 aromatic heterocycles. The highest BCUT2D eigenvalue weighted by molar-refractivity contribution is 5.97. The van der Waals surface area contributed by atoms with Crippen LogP contribution >= 0.6 is 0 Å². The van der Waals surface area contributed by atoms with Crippen molar-refractivity contribution in [2.24, 2.45) is 0 Å². The summed E-state index contributed by atoms with van der Waals surface area (Å²) < 4.78 is 25.7. The van der Waals surface area contributed by atoms with Gasteiger partial charge >= 0.3 is 0 Å². The zero-order valence-corrected chi connectivity index (χ0v) is 24.5. The highest BCUT2D eigenvalue weighted by Gasteiger charge is 2.43. The lowest BCUT2D eigenvalue weighted by Crippen LogP contribution is -2.61. The number of benzene rings is 1. The van der Waals surface area contributed by atoms with E-state index in [1.807, 2.05) is 30.3 Å². The van der Waals surface area contributed by atoms with Gasteiger partial charge in [-0.05, 0) is 59.7 Å². The first kappa shape index (κ1) is 28.7. The fourth-order valence-corrected chi connectivity index (χ4v) is 5.80. The highest BCUT2D eigenvalue weighted by atomic mass is 19.1. The first-order valence-electron chi connectivity index (χ1n) is 13.8. The maximum absolute atomic E-state index is 14.9. The second-order valence-electron chi connectivity index (χ2n) is 11.9. The van der Waals surface area contributed by atoms with Crippen molar-refractivity contribution in [3.8, 4) is 16.9 Å². The fraction of sp³-hybridized carbons (Fsp3) is 0.467. The molecule has 0 radical (unpaired) electrons. The van der Waals surface area contributed by atoms with E-state index in [0.717, 1.165) is 29.7 Å². The number of fused-ring (bicyclic) bond motifs is 1. The normalized spacial score (nSPS) is 18.5. The van der Waals surface area contributed by atoms with Crippen LogP contribution in [0.25, 0.3) is 11.1 Å². The van der Waals surface area contributed by atoms with Gasteiger partial charge in [0.1, 0.15) is 0 Å². The van der Waals surface area contributed by atoms with Gasteiger partial charge in [-0.1, -0.05) is 18.2 Å². The van der Waals surface area contributed by atoms with Crippen molar-refractivity contribution in [2.75, 3.05) is 49.4 Å². The van der Waals surface area contributed by atoms with Crippen LogP contribution in [0.4, 0.5) is 27.7 Å². The SMILES string of the molecule is COCCN1C(=O)COc2cc(-c3ccccc3Nc3ncc(F)c(NC4CC(C)(C)N(C)C(C)(C)C4)n3)cnc21. The van der Waals surface area contributed by atoms with Crippen LogP contribution in [0.3, 0.4) is 0 Å². The molecule has 1 fully saturated rings. The van der Waals surface area contributed by atoms with Crippen LogP contribution in [0.1, 0.15) is 40.5 Å². The number of nitrogens with one attached hydrogen (secondary N) is 2. The number of piperidine rings is 1. The van der Waals surface area contributed by atoms with Gasteiger partial charge in [-0.15, -0.1) is 0 Å². The summed E-state index contributed by atoms with van der Waals surface area (Å²) in [5.74, 6) is 0.757. The van der Waals surface area contributed by atoms with E-state index in [4.69, 9.17) is 9.47 Å². The van der Waals surface area contributed by atoms with Gasteiger partial charge in [-0.25, -0.2) is 14.4 Å². The minimum Gasteiger partial charge on any atom is -0.480 e. The molecule has 2 aliphatic heterocycles. The monoisotopic (exact) mass is 563 g/mol. The molecular formula is C30H38FN7O3. The summed E-state index contributed by atoms with van der Waals surface area (Å²) in [6.07, 6.45) is 4.59. The van der Waals surface area contributed by atoms with Crippen LogP contribution in [0, 0.1) is 5.82 Å². The number of rotatable bonds is 8. The fourth-order valence-electron chi connectivity index (χ4n) is 5.80. The lowest BCUT2D eigenvalue weighted by atomic mass is 9.77. The summed E-state index contributed by atoms with van der Waals surface area (Å²) in [6, 6.07) is 9.55. The van der Waals surface area contributed by atoms with Gasteiger partial charge in [-0.3, -0.25) is 14.6 Å². The summed E-state index contributed by atoms with van der Waals surface area (Å²) in [6.45, 7) is 9.55. The lowest BCUT2D eigenvalue weighted by molar-refractivity contribution is -0.121. The van der Waals surface area contributed by atoms with E-state index in [1.165, 1.54) is 6.20 Å². The molecule has 2 aliphatic rings. The second kappa shape index (κ2) is 11.2. The Hall–Kier alpha value is -3.83. The van der Waals surface area contributed by atoms with Gasteiger partial charge in [0, 0.05) is 47.2 Å². The number of carbonyl (C=O) groups is 1. The van der Waals surface area contributed by atoms with Crippen molar-refractivity contribution in [2.45, 2.75) is 57.7 Å². The van der Waals surface area contributed by atoms with E-state index < -0.39 is 5.82 Å². The van der Waals surface area contributed by atoms with Crippen LogP contribution in [-0.4, -0.2) is 76.8 Å². The average Bonchev–Trinajstić information content (AvgIpc) is 2.93. The molecule has 1 amide bonds. The summed E-state index contributed by atoms with van der Waals surface area (Å²) in [5, 5.41) is 6.60. The molecule has 41 heavy (non-hydrogen) atoms. The molecule has 4 heterocycles. The van der Waals surface area contributed by atoms with E-state index in [0.29, 0.717) is 24.7 Å². The third kappa shape index (κ3) is 5.96. The van der Waals surface area contributed by atoms with Crippen LogP contribution in [-0.2, 0) is 9.53 Å². The van der Waals surface area contributed by atoms with Crippen LogP contribution in [0.5, 0.6) is 5.75 Å². The molecule has 10 nitrogen and oxygen atoms in total. The molecule has 0 saturated carbocycles. The van der Waals surface area contributed by atoms with Crippen LogP contribution in [0.15, 0.2) is 42.7 Å². The number of carbonyl (C=O) groups excluding carboxylic acids is 1. The van der Waals surface area contributed by atoms with Gasteiger partial charge in [0.05, 0.1) is 19.3 Å². The Balaban J connectivity index is 1.38. The molecule has 0 spiro atoms. The summed E-state index contributed by atoms with van der Waals surface area (Å²) in [5.41, 5.74) is 2.22. The second-order valence-corrected chi connectivity index (χ2v) is 11.9. The lowest BCUT2D eigenvalue weighted by Gasteiger charge is -2.53. The molecule has 5 rings (SSSR count). The Kier molecular flexibility index (Phi) is 7.85. The smallest absolute Gasteiger partial charge is 0.266 e. The average molecular weight is 564 g/mol. The Morgan fingerprint density at radius 3 is 2.59 bits per heavy atom. The first-order chi connectivity index (χ1) is 19.5. The van der Waals surface area contributed by atoms with Crippen molar-refractivity contribution in [3.05, 3.63) is 48.5 Å². The number of halogens is 1. The number of pyridine rings is 1. The van der Waals surface area contributed by atoms with Crippen molar-refractivity contribution in [3.63, 3.8) is 0 Å². The maximum atomic E-state index is 14.9. The van der Waals surface area contributed by atoms with Crippen molar-refractivity contribution in [1.29, 1.82) is 0 Å². The molecule has 0 bridgehead atoms. The molecule has 11 heteroatoms. The standard InChI is InChI=1S/C30H38FN7O3/c1-29(2)14-20(15-30(3,4)37(29)5)34-26-22(31)17-33-28(36-26)35-23-10-8-7-9-21(23)19-13-24-27(32-16-19)38(11-12-40-6)25(39)18-41-24/h7-10,13,16-17,20H,11-12,14-15,18H2,1-6H3,(H2,33,34,35,36). The van der Waals surface area contributed by atoms with E-state index in [9.17, 15) is 9.18 Å². The summed E-state index contributed by atoms with van der Waals surface area (Å²) >= 11 is 0. The number of amides is 1. The molecule has 0 atom stereocenters. The van der Waals surface area contributed by atoms with E-state index in [1.54, 1.807) is 18.2 Å². The number of likely N-dealkylation sites (tertiary alicyclic amines) is 1. The molecule has 0 aliphatic carbocycles. The summed E-state index contributed by atoms with van der Waals surface area (Å²) in [7, 11) is 3.73. The van der Waals surface area contributed by atoms with Gasteiger partial charge in [0.25, 0.3) is 5.91 Å². The molecule has 1 saturated heterocycles. The predicted octanol–water partition coefficient (Wildman–Crippen LogP) is 4.86. The minimum atomic E-state index is -0.498. The number of hydrogen-bond donors (Lipinski definition) is 2. The summed E-state index contributed by atoms with van der Waals surface area (Å²) in [4.78, 5) is 29.6. The number of aromatic nitrogens is 3. The molecule has 218 valence electrons. The van der Waals surface area contributed by atoms with E-state index in [-0.39, 0.29) is 41.4 Å². The predicted molar refractivity (Wildman–Crippen MR) is 157 cm³/mol. The van der Waals surface area contributed by atoms with Gasteiger partial charge in [0.15, 0.2) is 29.8 Å². The number of para-hydroxylation sites is 1. The number of anilines is 4. The first-order valence-corrected chi connectivity index (χ1v) is 13.8. The van der Waals surface area contributed by atoms with Crippen molar-refractivity contribution in [1.82, 2.24) is 19.9 Å². The topological polar surface area (TPSA) is 105 Å². The number of hydrogen-bond acceptors (Lipinski definition) is 9. The van der Waals surface area contributed by atoms with Crippen molar-refractivity contribution >= 4 is 29.2 Å². The third-order valence-electron chi connectivity index (χ3n) is 8.14. The molecule has 3 aromatic rings. The Morgan fingerprint density at radius 1 is 1.12 bits per heavy atom. The Bertz CT molecular complexity index is 1410. The van der Waals surface area contributed by atoms with Crippen LogP contribution in [0.2, 0.25) is 0 Å². The number of methoxy groups -OCH3 is 1. The largest absolute Gasteiger partial charge is 0.480 e. The van der Waals surface area contributed by atoms with Gasteiger partial charge in [-0.2, -0.15) is 4.98 Å². The minimum absolute atomic E-state index is 0.0519. The number of ether oxygens (including phenoxy) is 2. The Labute approximate surface area is 240 Å². The molecule has 0 unspecified atom stereocenters. The third-order valence-corrected chi connectivity index (χ3v) is 8.14. The molecule has 1 aromatic carbocycles. The molecule has 2 N–H and O–H groups in total. The molecular weight excluding hydrogens is 525 g/mol. The van der Waals surface area contributed by atoms with Crippen molar-refractivity contribution < 1.29 is 18.7 Å². The highest BCUT2D eigenvalue weighted by Crippen LogP contribution is 2.39. The Morgan fingerprint density at radius 2 is 1.85 bits per heavy atom. The van der Waals surface area contributed by atoms with E-state index in [2.05, 4.69) is 65.2 Å². The van der Waals surface area contributed by atoms with Gasteiger partial charge < -0.3 is 20.1 Å². The van der Waals surface area contributed by atoms with Crippen LogP contribution < -0.4 is 20.3 Å². The van der Waals surface area contributed by atoms with E-state index >= 15 is 0 Å². The maximum Gasteiger partial charge on any atom is 0.266 e. The zero-order valence-electron chi connectivity index (χ0n) is 24.5. The quantitative estimate of drug-likeness (QED) is 0.398. The van der Waals surface area contributed by atoms with Gasteiger partial charge in [0.2, 0.25) is 5.95 Å². The zero-order chi connectivity index (χ0) is 29.4.